The fraction of sp³-hybridized carbons (Fsp3) is 0.154. The van der Waals surface area contributed by atoms with E-state index in [-0.39, 0.29) is 11.3 Å². The molecular weight excluding hydrogens is 376 g/mol. The van der Waals surface area contributed by atoms with E-state index in [1.807, 2.05) is 6.08 Å². The number of hydrogen-bond acceptors (Lipinski definition) is 2. The van der Waals surface area contributed by atoms with Crippen LogP contribution in [0.1, 0.15) is 18.4 Å². The third-order valence-electron chi connectivity index (χ3n) is 3.02. The highest BCUT2D eigenvalue weighted by molar-refractivity contribution is 9.11. The molecule has 3 N–H and O–H groups in total. The van der Waals surface area contributed by atoms with E-state index < -0.39 is 0 Å². The van der Waals surface area contributed by atoms with Crippen LogP contribution in [0, 0.1) is 0 Å². The second-order valence-electron chi connectivity index (χ2n) is 4.45. The molecule has 6 heteroatoms. The number of H-pyrrole nitrogens is 2. The SMILES string of the molecule is O=c1[nH][nH]c(=C2CC2)c1=Cc1cc(Br)c(O)c(Br)c1. The molecule has 0 amide bonds. The summed E-state index contributed by atoms with van der Waals surface area (Å²) >= 11 is 6.56. The van der Waals surface area contributed by atoms with Crippen molar-refractivity contribution in [2.45, 2.75) is 12.8 Å². The number of rotatable bonds is 1. The van der Waals surface area contributed by atoms with Gasteiger partial charge in [0.25, 0.3) is 5.56 Å². The maximum absolute atomic E-state index is 11.8. The van der Waals surface area contributed by atoms with Crippen LogP contribution in [0.5, 0.6) is 5.75 Å². The van der Waals surface area contributed by atoms with Gasteiger partial charge in [0.1, 0.15) is 5.75 Å². The quantitative estimate of drug-likeness (QED) is 0.699. The molecule has 0 aliphatic heterocycles. The van der Waals surface area contributed by atoms with Gasteiger partial charge in [-0.25, -0.2) is 0 Å². The molecule has 19 heavy (non-hydrogen) atoms. The van der Waals surface area contributed by atoms with Crippen molar-refractivity contribution in [3.05, 3.63) is 47.6 Å². The fourth-order valence-corrected chi connectivity index (χ4v) is 3.15. The maximum Gasteiger partial charge on any atom is 0.271 e. The van der Waals surface area contributed by atoms with Crippen molar-refractivity contribution >= 4 is 43.5 Å². The van der Waals surface area contributed by atoms with Crippen LogP contribution in [0.25, 0.3) is 11.6 Å². The molecule has 1 fully saturated rings. The van der Waals surface area contributed by atoms with Crippen LogP contribution < -0.4 is 16.1 Å². The summed E-state index contributed by atoms with van der Waals surface area (Å²) in [5, 5.41) is 16.7. The summed E-state index contributed by atoms with van der Waals surface area (Å²) in [5.41, 5.74) is 1.97. The molecule has 98 valence electrons. The van der Waals surface area contributed by atoms with E-state index in [2.05, 4.69) is 42.1 Å². The van der Waals surface area contributed by atoms with Crippen LogP contribution in [0.2, 0.25) is 0 Å². The maximum atomic E-state index is 11.8. The van der Waals surface area contributed by atoms with Crippen molar-refractivity contribution in [2.24, 2.45) is 0 Å². The van der Waals surface area contributed by atoms with Crippen molar-refractivity contribution in [1.82, 2.24) is 10.2 Å². The number of aromatic amines is 2. The second-order valence-corrected chi connectivity index (χ2v) is 6.16. The Morgan fingerprint density at radius 1 is 1.16 bits per heavy atom. The van der Waals surface area contributed by atoms with E-state index in [9.17, 15) is 9.90 Å². The van der Waals surface area contributed by atoms with Crippen LogP contribution >= 0.6 is 31.9 Å². The monoisotopic (exact) mass is 384 g/mol. The van der Waals surface area contributed by atoms with Crippen LogP contribution in [0.4, 0.5) is 0 Å². The molecule has 3 rings (SSSR count). The first-order chi connectivity index (χ1) is 9.06. The van der Waals surface area contributed by atoms with Gasteiger partial charge in [-0.1, -0.05) is 0 Å². The number of nitrogens with one attached hydrogen (secondary N) is 2. The number of benzene rings is 1. The topological polar surface area (TPSA) is 68.9 Å². The van der Waals surface area contributed by atoms with Crippen molar-refractivity contribution in [3.63, 3.8) is 0 Å². The highest BCUT2D eigenvalue weighted by Gasteiger charge is 2.14. The lowest BCUT2D eigenvalue weighted by molar-refractivity contribution is 0.468. The van der Waals surface area contributed by atoms with E-state index in [4.69, 9.17) is 0 Å². The molecule has 4 nitrogen and oxygen atoms in total. The van der Waals surface area contributed by atoms with Gasteiger partial charge in [0.05, 0.1) is 19.5 Å². The summed E-state index contributed by atoms with van der Waals surface area (Å²) in [7, 11) is 0. The molecule has 0 atom stereocenters. The van der Waals surface area contributed by atoms with Crippen LogP contribution in [-0.2, 0) is 0 Å². The predicted octanol–water partition coefficient (Wildman–Crippen LogP) is 1.71. The standard InChI is InChI=1S/C13H10Br2N2O2/c14-9-4-6(5-10(15)12(9)18)3-8-11(7-1-2-7)16-17-13(8)19/h3-5,16,18H,1-2H2,(H,17,19). The molecule has 1 heterocycles. The summed E-state index contributed by atoms with van der Waals surface area (Å²) in [4.78, 5) is 11.8. The molecule has 1 aliphatic rings. The van der Waals surface area contributed by atoms with E-state index >= 15 is 0 Å². The van der Waals surface area contributed by atoms with Gasteiger partial charge < -0.3 is 5.11 Å². The molecule has 2 aromatic rings. The van der Waals surface area contributed by atoms with E-state index in [1.54, 1.807) is 12.1 Å². The smallest absolute Gasteiger partial charge is 0.271 e. The Kier molecular flexibility index (Phi) is 3.14. The number of halogens is 2. The highest BCUT2D eigenvalue weighted by atomic mass is 79.9. The molecule has 0 radical (unpaired) electrons. The Bertz CT molecular complexity index is 804. The molecule has 1 aliphatic carbocycles. The Morgan fingerprint density at radius 3 is 2.37 bits per heavy atom. The minimum atomic E-state index is -0.130. The first-order valence-corrected chi connectivity index (χ1v) is 7.33. The molecule has 0 bridgehead atoms. The summed E-state index contributed by atoms with van der Waals surface area (Å²) in [6.45, 7) is 0. The number of phenolic OH excluding ortho intramolecular Hbond substituents is 1. The zero-order chi connectivity index (χ0) is 13.6. The summed E-state index contributed by atoms with van der Waals surface area (Å²) in [6.07, 6.45) is 3.89. The minimum Gasteiger partial charge on any atom is -0.506 e. The second kappa shape index (κ2) is 4.68. The third kappa shape index (κ3) is 2.42. The molecule has 0 spiro atoms. The molecule has 1 saturated carbocycles. The van der Waals surface area contributed by atoms with Crippen LogP contribution in [0.15, 0.2) is 25.9 Å². The first-order valence-electron chi connectivity index (χ1n) is 5.74. The van der Waals surface area contributed by atoms with E-state index in [1.165, 1.54) is 5.57 Å². The van der Waals surface area contributed by atoms with Crippen LogP contribution in [-0.4, -0.2) is 15.3 Å². The Hall–Kier alpha value is -1.27. The Labute approximate surface area is 125 Å². The Balaban J connectivity index is 2.26. The fourth-order valence-electron chi connectivity index (χ4n) is 1.93. The van der Waals surface area contributed by atoms with Crippen molar-refractivity contribution in [1.29, 1.82) is 0 Å². The average molecular weight is 386 g/mol. The number of aromatic nitrogens is 2. The van der Waals surface area contributed by atoms with Crippen molar-refractivity contribution < 1.29 is 5.11 Å². The number of phenols is 1. The number of hydrogen-bond donors (Lipinski definition) is 3. The summed E-state index contributed by atoms with van der Waals surface area (Å²) in [5.74, 6) is 0.150. The van der Waals surface area contributed by atoms with Crippen LogP contribution in [0.3, 0.4) is 0 Å². The number of aromatic hydroxyl groups is 1. The first kappa shape index (κ1) is 12.7. The lowest BCUT2D eigenvalue weighted by Gasteiger charge is -2.01. The third-order valence-corrected chi connectivity index (χ3v) is 4.23. The van der Waals surface area contributed by atoms with Gasteiger partial charge in [0, 0.05) is 0 Å². The largest absolute Gasteiger partial charge is 0.506 e. The summed E-state index contributed by atoms with van der Waals surface area (Å²) in [6, 6.07) is 3.54. The van der Waals surface area contributed by atoms with Crippen molar-refractivity contribution in [3.8, 4) is 5.75 Å². The van der Waals surface area contributed by atoms with Gasteiger partial charge in [0.2, 0.25) is 0 Å². The van der Waals surface area contributed by atoms with Gasteiger partial charge in [-0.05, 0) is 74.0 Å². The zero-order valence-corrected chi connectivity index (χ0v) is 12.9. The average Bonchev–Trinajstić information content (AvgIpc) is 3.14. The normalized spacial score (nSPS) is 15.1. The minimum absolute atomic E-state index is 0.130. The Morgan fingerprint density at radius 2 is 1.79 bits per heavy atom. The molecule has 1 aromatic heterocycles. The van der Waals surface area contributed by atoms with Gasteiger partial charge in [0.15, 0.2) is 0 Å². The molecule has 0 unspecified atom stereocenters. The van der Waals surface area contributed by atoms with Gasteiger partial charge in [-0.2, -0.15) is 0 Å². The lowest BCUT2D eigenvalue weighted by Crippen LogP contribution is -2.33. The molecule has 1 aromatic carbocycles. The van der Waals surface area contributed by atoms with E-state index in [0.717, 1.165) is 23.8 Å². The van der Waals surface area contributed by atoms with E-state index in [0.29, 0.717) is 14.2 Å². The highest BCUT2D eigenvalue weighted by Crippen LogP contribution is 2.33. The molecular formula is C13H10Br2N2O2. The van der Waals surface area contributed by atoms with Gasteiger partial charge in [-0.3, -0.25) is 15.0 Å². The van der Waals surface area contributed by atoms with Gasteiger partial charge in [-0.15, -0.1) is 0 Å². The zero-order valence-electron chi connectivity index (χ0n) is 9.76. The van der Waals surface area contributed by atoms with Gasteiger partial charge >= 0.3 is 0 Å². The summed E-state index contributed by atoms with van der Waals surface area (Å²) < 4.78 is 1.17. The van der Waals surface area contributed by atoms with Crippen molar-refractivity contribution in [2.75, 3.05) is 0 Å². The molecule has 0 saturated heterocycles. The predicted molar refractivity (Wildman–Crippen MR) is 80.4 cm³/mol. The lowest BCUT2D eigenvalue weighted by atomic mass is 10.2.